The maximum absolute atomic E-state index is 12.8. The van der Waals surface area contributed by atoms with Crippen LogP contribution in [0, 0.1) is 5.92 Å². The summed E-state index contributed by atoms with van der Waals surface area (Å²) in [7, 11) is 0. The van der Waals surface area contributed by atoms with Gasteiger partial charge in [0.1, 0.15) is 17.3 Å². The van der Waals surface area contributed by atoms with E-state index in [1.165, 1.54) is 0 Å². The van der Waals surface area contributed by atoms with Crippen LogP contribution in [0.3, 0.4) is 0 Å². The molecule has 5 heterocycles. The second-order valence-corrected chi connectivity index (χ2v) is 13.9. The van der Waals surface area contributed by atoms with E-state index in [1.807, 2.05) is 47.4 Å². The molecule has 0 spiro atoms. The third-order valence-electron chi connectivity index (χ3n) is 9.94. The highest BCUT2D eigenvalue weighted by Gasteiger charge is 2.31. The molecule has 3 aliphatic heterocycles. The van der Waals surface area contributed by atoms with Gasteiger partial charge in [-0.05, 0) is 86.2 Å². The largest absolute Gasteiger partial charge is 0.457 e. The average Bonchev–Trinajstić information content (AvgIpc) is 3.41. The first-order valence-corrected chi connectivity index (χ1v) is 17.2. The van der Waals surface area contributed by atoms with E-state index in [1.54, 1.807) is 0 Å². The molecular formula is C38H46N6O3. The lowest BCUT2D eigenvalue weighted by Crippen LogP contribution is -2.56. The first-order valence-electron chi connectivity index (χ1n) is 17.2. The number of amides is 1. The Balaban J connectivity index is 1.14. The molecule has 1 amide bonds. The Morgan fingerprint density at radius 1 is 0.936 bits per heavy atom. The Labute approximate surface area is 277 Å². The number of hydrogen-bond donors (Lipinski definition) is 0. The molecule has 2 aromatic heterocycles. The highest BCUT2D eigenvalue weighted by molar-refractivity contribution is 5.84. The SMILES string of the molecule is CC(C)c1ccc(-c2ccc(Oc3cc4nc(N5CCN(C6CCOCC6)C[C@@H]5C)ccc4cc3CN3C[C@@H](C)CC3=O)cc2)nn1. The molecule has 0 radical (unpaired) electrons. The number of ether oxygens (including phenoxy) is 2. The molecule has 0 aliphatic carbocycles. The fraction of sp³-hybridized carbons (Fsp3) is 0.474. The van der Waals surface area contributed by atoms with Gasteiger partial charge in [0.15, 0.2) is 0 Å². The lowest BCUT2D eigenvalue weighted by Gasteiger charge is -2.44. The van der Waals surface area contributed by atoms with Gasteiger partial charge in [-0.1, -0.05) is 20.8 Å². The van der Waals surface area contributed by atoms with Gasteiger partial charge < -0.3 is 19.3 Å². The monoisotopic (exact) mass is 634 g/mol. The normalized spacial score (nSPS) is 21.3. The number of pyridine rings is 1. The molecule has 9 heteroatoms. The third kappa shape index (κ3) is 6.97. The zero-order valence-corrected chi connectivity index (χ0v) is 28.1. The summed E-state index contributed by atoms with van der Waals surface area (Å²) in [5.41, 5.74) is 4.65. The number of anilines is 1. The Morgan fingerprint density at radius 2 is 1.74 bits per heavy atom. The predicted molar refractivity (Wildman–Crippen MR) is 185 cm³/mol. The Morgan fingerprint density at radius 3 is 2.43 bits per heavy atom. The van der Waals surface area contributed by atoms with Crippen LogP contribution in [-0.4, -0.2) is 82.4 Å². The molecule has 246 valence electrons. The molecule has 3 saturated heterocycles. The molecule has 2 atom stereocenters. The Kier molecular flexibility index (Phi) is 9.10. The van der Waals surface area contributed by atoms with Crippen molar-refractivity contribution in [3.63, 3.8) is 0 Å². The van der Waals surface area contributed by atoms with Crippen LogP contribution in [0.2, 0.25) is 0 Å². The van der Waals surface area contributed by atoms with Crippen molar-refractivity contribution >= 4 is 22.6 Å². The number of aromatic nitrogens is 3. The minimum Gasteiger partial charge on any atom is -0.457 e. The number of nitrogens with zero attached hydrogens (tertiary/aromatic N) is 6. The van der Waals surface area contributed by atoms with Crippen LogP contribution < -0.4 is 9.64 Å². The summed E-state index contributed by atoms with van der Waals surface area (Å²) in [5.74, 6) is 3.32. The van der Waals surface area contributed by atoms with Gasteiger partial charge in [0.25, 0.3) is 0 Å². The summed E-state index contributed by atoms with van der Waals surface area (Å²) in [5, 5.41) is 9.86. The maximum Gasteiger partial charge on any atom is 0.223 e. The molecule has 7 rings (SSSR count). The Bertz CT molecular complexity index is 1700. The zero-order valence-electron chi connectivity index (χ0n) is 28.1. The van der Waals surface area contributed by atoms with E-state index in [0.717, 1.165) is 103 Å². The highest BCUT2D eigenvalue weighted by atomic mass is 16.5. The van der Waals surface area contributed by atoms with Crippen molar-refractivity contribution in [2.45, 2.75) is 71.5 Å². The second kappa shape index (κ2) is 13.6. The predicted octanol–water partition coefficient (Wildman–Crippen LogP) is 6.67. The smallest absolute Gasteiger partial charge is 0.223 e. The van der Waals surface area contributed by atoms with Crippen LogP contribution in [0.1, 0.15) is 64.1 Å². The van der Waals surface area contributed by atoms with Crippen LogP contribution in [0.15, 0.2) is 60.7 Å². The number of fused-ring (bicyclic) bond motifs is 1. The molecular weight excluding hydrogens is 588 g/mol. The van der Waals surface area contributed by atoms with Crippen LogP contribution in [0.5, 0.6) is 11.5 Å². The topological polar surface area (TPSA) is 83.9 Å². The van der Waals surface area contributed by atoms with E-state index >= 15 is 0 Å². The van der Waals surface area contributed by atoms with Gasteiger partial charge in [0.2, 0.25) is 5.91 Å². The van der Waals surface area contributed by atoms with Gasteiger partial charge >= 0.3 is 0 Å². The average molecular weight is 635 g/mol. The van der Waals surface area contributed by atoms with E-state index in [-0.39, 0.29) is 5.91 Å². The van der Waals surface area contributed by atoms with E-state index in [4.69, 9.17) is 14.5 Å². The number of carbonyl (C=O) groups is 1. The lowest BCUT2D eigenvalue weighted by molar-refractivity contribution is -0.128. The van der Waals surface area contributed by atoms with Gasteiger partial charge in [-0.15, -0.1) is 0 Å². The van der Waals surface area contributed by atoms with E-state index < -0.39 is 0 Å². The summed E-state index contributed by atoms with van der Waals surface area (Å²) < 4.78 is 12.2. The molecule has 0 saturated carbocycles. The first kappa shape index (κ1) is 31.5. The lowest BCUT2D eigenvalue weighted by atomic mass is 10.0. The molecule has 2 aromatic carbocycles. The summed E-state index contributed by atoms with van der Waals surface area (Å²) in [4.78, 5) is 25.0. The van der Waals surface area contributed by atoms with Gasteiger partial charge in [-0.25, -0.2) is 4.98 Å². The minimum absolute atomic E-state index is 0.194. The molecule has 3 aliphatic rings. The van der Waals surface area contributed by atoms with Crippen LogP contribution in [0.25, 0.3) is 22.2 Å². The number of likely N-dealkylation sites (tertiary alicyclic amines) is 1. The van der Waals surface area contributed by atoms with Gasteiger partial charge in [0, 0.05) is 87.0 Å². The molecule has 4 aromatic rings. The third-order valence-corrected chi connectivity index (χ3v) is 9.94. The number of rotatable bonds is 8. The van der Waals surface area contributed by atoms with E-state index in [0.29, 0.717) is 36.9 Å². The van der Waals surface area contributed by atoms with Gasteiger partial charge in [-0.2, -0.15) is 10.2 Å². The van der Waals surface area contributed by atoms with Crippen LogP contribution in [-0.2, 0) is 16.1 Å². The van der Waals surface area contributed by atoms with Crippen molar-refractivity contribution in [3.8, 4) is 22.8 Å². The maximum atomic E-state index is 12.8. The standard InChI is InChI=1S/C38H46N6O3/c1-25(2)33-10-11-34(41-40-33)28-5-8-32(9-6-28)47-36-21-35-29(20-30(36)24-43-22-26(3)19-38(43)45)7-12-37(39-35)44-16-15-42(23-27(44)4)31-13-17-46-18-14-31/h5-12,20-21,25-27,31H,13-19,22-24H2,1-4H3/t26-,27-/m0/s1. The van der Waals surface area contributed by atoms with Crippen molar-refractivity contribution in [2.24, 2.45) is 5.92 Å². The summed E-state index contributed by atoms with van der Waals surface area (Å²) >= 11 is 0. The van der Waals surface area contributed by atoms with Crippen molar-refractivity contribution in [2.75, 3.05) is 44.3 Å². The van der Waals surface area contributed by atoms with Gasteiger partial charge in [-0.3, -0.25) is 9.69 Å². The zero-order chi connectivity index (χ0) is 32.5. The van der Waals surface area contributed by atoms with E-state index in [9.17, 15) is 4.79 Å². The van der Waals surface area contributed by atoms with Crippen molar-refractivity contribution in [1.29, 1.82) is 0 Å². The van der Waals surface area contributed by atoms with Gasteiger partial charge in [0.05, 0.1) is 16.9 Å². The van der Waals surface area contributed by atoms with Crippen molar-refractivity contribution < 1.29 is 14.3 Å². The Hall–Kier alpha value is -4.08. The minimum atomic E-state index is 0.194. The number of piperazine rings is 1. The fourth-order valence-corrected chi connectivity index (χ4v) is 7.23. The first-order chi connectivity index (χ1) is 22.8. The molecule has 0 unspecified atom stereocenters. The van der Waals surface area contributed by atoms with Crippen LogP contribution >= 0.6 is 0 Å². The van der Waals surface area contributed by atoms with Crippen molar-refractivity contribution in [1.82, 2.24) is 25.0 Å². The number of carbonyl (C=O) groups excluding carboxylic acids is 1. The molecule has 3 fully saturated rings. The van der Waals surface area contributed by atoms with Crippen LogP contribution in [0.4, 0.5) is 5.82 Å². The van der Waals surface area contributed by atoms with Crippen molar-refractivity contribution in [3.05, 3.63) is 71.9 Å². The molecule has 9 nitrogen and oxygen atoms in total. The van der Waals surface area contributed by atoms with E-state index in [2.05, 4.69) is 65.9 Å². The summed E-state index contributed by atoms with van der Waals surface area (Å²) in [6.45, 7) is 14.7. The molecule has 0 bridgehead atoms. The summed E-state index contributed by atoms with van der Waals surface area (Å²) in [6, 6.07) is 21.5. The molecule has 0 N–H and O–H groups in total. The number of hydrogen-bond acceptors (Lipinski definition) is 8. The fourth-order valence-electron chi connectivity index (χ4n) is 7.23. The second-order valence-electron chi connectivity index (χ2n) is 13.9. The summed E-state index contributed by atoms with van der Waals surface area (Å²) in [6.07, 6.45) is 2.84. The quantitative estimate of drug-likeness (QED) is 0.213. The molecule has 47 heavy (non-hydrogen) atoms. The number of benzene rings is 2. The highest BCUT2D eigenvalue weighted by Crippen LogP contribution is 2.34.